The summed E-state index contributed by atoms with van der Waals surface area (Å²) in [6, 6.07) is 20.0. The number of nitrogens with two attached hydrogens (primary N) is 1. The molecule has 2 aromatic carbocycles. The van der Waals surface area contributed by atoms with Gasteiger partial charge in [-0.05, 0) is 68.6 Å². The van der Waals surface area contributed by atoms with Crippen LogP contribution in [0.2, 0.25) is 0 Å². The van der Waals surface area contributed by atoms with E-state index in [1.54, 1.807) is 23.5 Å². The fourth-order valence-electron chi connectivity index (χ4n) is 4.36. The molecule has 188 valence electrons. The quantitative estimate of drug-likeness (QED) is 0.341. The number of thioether (sulfide) groups is 1. The van der Waals surface area contributed by atoms with Gasteiger partial charge in [0.15, 0.2) is 11.6 Å². The third kappa shape index (κ3) is 6.37. The van der Waals surface area contributed by atoms with Crippen LogP contribution < -0.4 is 20.1 Å². The molecule has 0 bridgehead atoms. The zero-order valence-electron chi connectivity index (χ0n) is 20.5. The van der Waals surface area contributed by atoms with E-state index in [0.29, 0.717) is 18.2 Å². The summed E-state index contributed by atoms with van der Waals surface area (Å²) in [4.78, 5) is 11.4. The van der Waals surface area contributed by atoms with Crippen LogP contribution in [0.4, 0.5) is 5.82 Å². The molecule has 3 heterocycles. The van der Waals surface area contributed by atoms with Gasteiger partial charge in [-0.25, -0.2) is 4.98 Å². The van der Waals surface area contributed by atoms with Crippen LogP contribution in [0.3, 0.4) is 0 Å². The van der Waals surface area contributed by atoms with Gasteiger partial charge in [0.25, 0.3) is 0 Å². The highest BCUT2D eigenvalue weighted by Crippen LogP contribution is 2.41. The summed E-state index contributed by atoms with van der Waals surface area (Å²) < 4.78 is 12.4. The van der Waals surface area contributed by atoms with Crippen LogP contribution in [0.25, 0.3) is 0 Å². The first kappa shape index (κ1) is 25.0. The third-order valence-corrected chi connectivity index (χ3v) is 8.10. The fourth-order valence-corrected chi connectivity index (χ4v) is 6.06. The molecule has 0 radical (unpaired) electrons. The van der Waals surface area contributed by atoms with Crippen molar-refractivity contribution in [3.8, 4) is 17.2 Å². The Balaban J connectivity index is 1.31. The van der Waals surface area contributed by atoms with Crippen LogP contribution in [0.5, 0.6) is 17.2 Å². The number of nitrogens with zero attached hydrogens (tertiary/aromatic N) is 3. The molecule has 3 aromatic rings. The number of likely N-dealkylation sites (tertiary alicyclic amines) is 1. The molecule has 0 spiro atoms. The van der Waals surface area contributed by atoms with Gasteiger partial charge in [0.05, 0.1) is 0 Å². The topological polar surface area (TPSA) is 63.8 Å². The standard InChI is InChI=1S/C28H32N4O2S2/c1-21-20-35-28(29)32(21)27-26(34-22-9-4-2-5-10-22)18-25(19-30-27)36-24-12-8-11-23(17-24)33-16-15-31-13-6-3-7-14-31/h2,4-5,8-12,17-20,28H,3,6-7,13-16,29H2,1H3. The van der Waals surface area contributed by atoms with Gasteiger partial charge in [-0.15, -0.1) is 0 Å². The molecule has 8 heteroatoms. The smallest absolute Gasteiger partial charge is 0.178 e. The fraction of sp³-hybridized carbons (Fsp3) is 0.321. The van der Waals surface area contributed by atoms with Gasteiger partial charge in [-0.1, -0.05) is 54.2 Å². The van der Waals surface area contributed by atoms with Gasteiger partial charge < -0.3 is 20.1 Å². The molecule has 0 saturated carbocycles. The zero-order chi connectivity index (χ0) is 24.7. The van der Waals surface area contributed by atoms with E-state index in [1.807, 2.05) is 66.6 Å². The van der Waals surface area contributed by atoms with Crippen LogP contribution in [0.15, 0.2) is 87.8 Å². The molecule has 1 atom stereocenters. The van der Waals surface area contributed by atoms with Gasteiger partial charge >= 0.3 is 0 Å². The van der Waals surface area contributed by atoms with Crippen LogP contribution in [-0.2, 0) is 0 Å². The molecule has 2 aliphatic heterocycles. The number of hydrogen-bond donors (Lipinski definition) is 1. The van der Waals surface area contributed by atoms with Crippen molar-refractivity contribution in [1.29, 1.82) is 0 Å². The van der Waals surface area contributed by atoms with Crippen molar-refractivity contribution >= 4 is 29.3 Å². The largest absolute Gasteiger partial charge is 0.492 e. The lowest BCUT2D eigenvalue weighted by Crippen LogP contribution is -2.35. The zero-order valence-corrected chi connectivity index (χ0v) is 22.1. The molecule has 2 aliphatic rings. The van der Waals surface area contributed by atoms with Crippen LogP contribution in [0.1, 0.15) is 26.2 Å². The Morgan fingerprint density at radius 3 is 2.58 bits per heavy atom. The summed E-state index contributed by atoms with van der Waals surface area (Å²) in [5, 5.41) is 2.05. The molecule has 1 unspecified atom stereocenters. The van der Waals surface area contributed by atoms with E-state index >= 15 is 0 Å². The number of ether oxygens (including phenoxy) is 2. The van der Waals surface area contributed by atoms with E-state index in [-0.39, 0.29) is 5.50 Å². The lowest BCUT2D eigenvalue weighted by atomic mass is 10.1. The van der Waals surface area contributed by atoms with Gasteiger partial charge in [0.1, 0.15) is 23.6 Å². The van der Waals surface area contributed by atoms with E-state index in [9.17, 15) is 0 Å². The molecule has 2 N–H and O–H groups in total. The van der Waals surface area contributed by atoms with Crippen molar-refractivity contribution in [2.24, 2.45) is 5.73 Å². The maximum absolute atomic E-state index is 6.35. The van der Waals surface area contributed by atoms with Crippen molar-refractivity contribution in [2.45, 2.75) is 41.5 Å². The summed E-state index contributed by atoms with van der Waals surface area (Å²) in [5.74, 6) is 3.03. The number of aromatic nitrogens is 1. The lowest BCUT2D eigenvalue weighted by molar-refractivity contribution is 0.183. The summed E-state index contributed by atoms with van der Waals surface area (Å²) in [7, 11) is 0. The predicted octanol–water partition coefficient (Wildman–Crippen LogP) is 6.55. The number of para-hydroxylation sites is 1. The second-order valence-corrected chi connectivity index (χ2v) is 11.0. The average Bonchev–Trinajstić information content (AvgIpc) is 3.23. The highest BCUT2D eigenvalue weighted by atomic mass is 32.2. The highest BCUT2D eigenvalue weighted by molar-refractivity contribution is 8.03. The molecular formula is C28H32N4O2S2. The number of hydrogen-bond acceptors (Lipinski definition) is 8. The van der Waals surface area contributed by atoms with E-state index in [1.165, 1.54) is 32.4 Å². The molecule has 1 saturated heterocycles. The number of rotatable bonds is 9. The van der Waals surface area contributed by atoms with E-state index in [0.717, 1.165) is 33.5 Å². The Hall–Kier alpha value is -2.65. The molecule has 5 rings (SSSR count). The average molecular weight is 521 g/mol. The SMILES string of the molecule is CC1=CSC(N)N1c1ncc(Sc2cccc(OCCN3CCCCC3)c2)cc1Oc1ccccc1. The second-order valence-electron chi connectivity index (χ2n) is 8.89. The maximum Gasteiger partial charge on any atom is 0.178 e. The highest BCUT2D eigenvalue weighted by Gasteiger charge is 2.27. The normalized spacial score (nSPS) is 18.2. The first-order valence-corrected chi connectivity index (χ1v) is 14.1. The molecule has 0 aliphatic carbocycles. The van der Waals surface area contributed by atoms with Crippen LogP contribution in [-0.4, -0.2) is 41.6 Å². The van der Waals surface area contributed by atoms with Crippen molar-refractivity contribution in [2.75, 3.05) is 31.1 Å². The minimum atomic E-state index is -0.229. The van der Waals surface area contributed by atoms with Gasteiger partial charge in [0, 0.05) is 34.3 Å². The Morgan fingerprint density at radius 1 is 1.00 bits per heavy atom. The summed E-state index contributed by atoms with van der Waals surface area (Å²) in [6.45, 7) is 6.10. The van der Waals surface area contributed by atoms with Gasteiger partial charge in [-0.3, -0.25) is 4.90 Å². The molecule has 0 amide bonds. The Bertz CT molecular complexity index is 1190. The van der Waals surface area contributed by atoms with E-state index in [2.05, 4.69) is 22.4 Å². The van der Waals surface area contributed by atoms with Gasteiger partial charge in [-0.2, -0.15) is 0 Å². The number of anilines is 1. The summed E-state index contributed by atoms with van der Waals surface area (Å²) in [6.07, 6.45) is 5.83. The Kier molecular flexibility index (Phi) is 8.38. The minimum absolute atomic E-state index is 0.229. The van der Waals surface area contributed by atoms with Crippen molar-refractivity contribution < 1.29 is 9.47 Å². The lowest BCUT2D eigenvalue weighted by Gasteiger charge is -2.26. The van der Waals surface area contributed by atoms with Crippen molar-refractivity contribution in [3.63, 3.8) is 0 Å². The molecular weight excluding hydrogens is 488 g/mol. The second kappa shape index (κ2) is 12.1. The maximum atomic E-state index is 6.35. The molecule has 1 aromatic heterocycles. The predicted molar refractivity (Wildman–Crippen MR) is 149 cm³/mol. The van der Waals surface area contributed by atoms with Crippen molar-refractivity contribution in [3.05, 3.63) is 78.0 Å². The number of pyridine rings is 1. The molecule has 6 nitrogen and oxygen atoms in total. The van der Waals surface area contributed by atoms with E-state index in [4.69, 9.17) is 20.2 Å². The Labute approximate surface area is 221 Å². The van der Waals surface area contributed by atoms with Crippen LogP contribution >= 0.6 is 23.5 Å². The first-order valence-electron chi connectivity index (χ1n) is 12.4. The summed E-state index contributed by atoms with van der Waals surface area (Å²) >= 11 is 3.21. The number of allylic oxidation sites excluding steroid dienone is 1. The number of benzene rings is 2. The third-order valence-electron chi connectivity index (χ3n) is 6.19. The van der Waals surface area contributed by atoms with Crippen molar-refractivity contribution in [1.82, 2.24) is 9.88 Å². The first-order chi connectivity index (χ1) is 17.7. The monoisotopic (exact) mass is 520 g/mol. The minimum Gasteiger partial charge on any atom is -0.492 e. The molecule has 36 heavy (non-hydrogen) atoms. The van der Waals surface area contributed by atoms with Gasteiger partial charge in [0.2, 0.25) is 0 Å². The summed E-state index contributed by atoms with van der Waals surface area (Å²) in [5.41, 5.74) is 7.17. The number of piperidine rings is 1. The van der Waals surface area contributed by atoms with Crippen LogP contribution in [0, 0.1) is 0 Å². The molecule has 1 fully saturated rings. The Morgan fingerprint density at radius 2 is 1.81 bits per heavy atom. The van der Waals surface area contributed by atoms with E-state index < -0.39 is 0 Å².